The Morgan fingerprint density at radius 1 is 1.16 bits per heavy atom. The van der Waals surface area contributed by atoms with E-state index in [0.29, 0.717) is 0 Å². The van der Waals surface area contributed by atoms with Gasteiger partial charge in [-0.05, 0) is 36.5 Å². The lowest BCUT2D eigenvalue weighted by Gasteiger charge is -2.10. The fourth-order valence-electron chi connectivity index (χ4n) is 2.42. The molecule has 1 aromatic heterocycles. The summed E-state index contributed by atoms with van der Waals surface area (Å²) in [6.07, 6.45) is 4.58. The van der Waals surface area contributed by atoms with Crippen LogP contribution < -0.4 is 4.57 Å². The predicted octanol–water partition coefficient (Wildman–Crippen LogP) is 4.08. The Bertz CT molecular complexity index is 557. The van der Waals surface area contributed by atoms with Crippen molar-refractivity contribution in [2.45, 2.75) is 33.6 Å². The monoisotopic (exact) mass is 254 g/mol. The summed E-state index contributed by atoms with van der Waals surface area (Å²) in [4.78, 5) is 0. The van der Waals surface area contributed by atoms with E-state index in [4.69, 9.17) is 0 Å². The van der Waals surface area contributed by atoms with Crippen molar-refractivity contribution in [3.63, 3.8) is 0 Å². The van der Waals surface area contributed by atoms with Crippen molar-refractivity contribution in [2.75, 3.05) is 0 Å². The van der Waals surface area contributed by atoms with Crippen LogP contribution in [0.15, 0.2) is 42.6 Å². The number of hydrogen-bond acceptors (Lipinski definition) is 0. The zero-order valence-electron chi connectivity index (χ0n) is 12.5. The molecule has 0 aliphatic carbocycles. The van der Waals surface area contributed by atoms with Gasteiger partial charge in [-0.25, -0.2) is 4.57 Å². The molecule has 0 aliphatic heterocycles. The van der Waals surface area contributed by atoms with Gasteiger partial charge in [-0.15, -0.1) is 0 Å². The Hall–Kier alpha value is -1.63. The summed E-state index contributed by atoms with van der Waals surface area (Å²) in [7, 11) is 2.12. The maximum Gasteiger partial charge on any atom is 0.212 e. The zero-order chi connectivity index (χ0) is 13.8. The minimum Gasteiger partial charge on any atom is -0.201 e. The standard InChI is InChI=1S/C18H24N/c1-5-14(2)12-16-10-11-19(4)18(13-16)17-9-7-6-8-15(17)3/h6-11,13-14H,5,12H2,1-4H3/q+1. The molecular weight excluding hydrogens is 230 g/mol. The lowest BCUT2D eigenvalue weighted by molar-refractivity contribution is -0.660. The Labute approximate surface area is 116 Å². The minimum absolute atomic E-state index is 0.748. The highest BCUT2D eigenvalue weighted by atomic mass is 14.9. The topological polar surface area (TPSA) is 3.88 Å². The lowest BCUT2D eigenvalue weighted by Crippen LogP contribution is -2.30. The van der Waals surface area contributed by atoms with Gasteiger partial charge in [0, 0.05) is 17.7 Å². The quantitative estimate of drug-likeness (QED) is 0.724. The van der Waals surface area contributed by atoms with Gasteiger partial charge in [0.05, 0.1) is 0 Å². The predicted molar refractivity (Wildman–Crippen MR) is 81.0 cm³/mol. The maximum absolute atomic E-state index is 2.34. The number of aryl methyl sites for hydroxylation is 2. The lowest BCUT2D eigenvalue weighted by atomic mass is 9.97. The van der Waals surface area contributed by atoms with Crippen LogP contribution in [0.1, 0.15) is 31.4 Å². The summed E-state index contributed by atoms with van der Waals surface area (Å²) in [5.74, 6) is 0.748. The van der Waals surface area contributed by atoms with Crippen LogP contribution in [0.25, 0.3) is 11.3 Å². The maximum atomic E-state index is 2.34. The van der Waals surface area contributed by atoms with Gasteiger partial charge in [0.2, 0.25) is 5.69 Å². The van der Waals surface area contributed by atoms with E-state index in [9.17, 15) is 0 Å². The van der Waals surface area contributed by atoms with Crippen molar-refractivity contribution in [1.82, 2.24) is 0 Å². The summed E-state index contributed by atoms with van der Waals surface area (Å²) in [6.45, 7) is 6.76. The number of rotatable bonds is 4. The third-order valence-electron chi connectivity index (χ3n) is 3.92. The van der Waals surface area contributed by atoms with Gasteiger partial charge in [0.25, 0.3) is 0 Å². The Morgan fingerprint density at radius 3 is 2.58 bits per heavy atom. The molecule has 2 rings (SSSR count). The van der Waals surface area contributed by atoms with Crippen molar-refractivity contribution in [3.8, 4) is 11.3 Å². The van der Waals surface area contributed by atoms with Crippen molar-refractivity contribution in [3.05, 3.63) is 53.7 Å². The third-order valence-corrected chi connectivity index (χ3v) is 3.92. The molecule has 2 aromatic rings. The summed E-state index contributed by atoms with van der Waals surface area (Å²) in [6, 6.07) is 13.2. The molecule has 1 nitrogen and oxygen atoms in total. The van der Waals surface area contributed by atoms with E-state index in [0.717, 1.165) is 12.3 Å². The van der Waals surface area contributed by atoms with Crippen molar-refractivity contribution < 1.29 is 4.57 Å². The van der Waals surface area contributed by atoms with Gasteiger partial charge >= 0.3 is 0 Å². The average Bonchev–Trinajstić information content (AvgIpc) is 2.41. The van der Waals surface area contributed by atoms with Gasteiger partial charge < -0.3 is 0 Å². The first-order chi connectivity index (χ1) is 9.11. The van der Waals surface area contributed by atoms with Crippen molar-refractivity contribution in [2.24, 2.45) is 13.0 Å². The van der Waals surface area contributed by atoms with Gasteiger partial charge in [-0.1, -0.05) is 38.5 Å². The van der Waals surface area contributed by atoms with Crippen LogP contribution in [0.2, 0.25) is 0 Å². The molecular formula is C18H24N+. The molecule has 1 aromatic carbocycles. The fourth-order valence-corrected chi connectivity index (χ4v) is 2.42. The number of aromatic nitrogens is 1. The molecule has 100 valence electrons. The molecule has 0 aliphatic rings. The molecule has 0 N–H and O–H groups in total. The molecule has 0 bridgehead atoms. The largest absolute Gasteiger partial charge is 0.212 e. The number of benzene rings is 1. The minimum atomic E-state index is 0.748. The van der Waals surface area contributed by atoms with E-state index in [1.165, 1.54) is 28.8 Å². The van der Waals surface area contributed by atoms with Crippen LogP contribution in [0.3, 0.4) is 0 Å². The molecule has 1 heteroatoms. The van der Waals surface area contributed by atoms with E-state index in [-0.39, 0.29) is 0 Å². The summed E-state index contributed by atoms with van der Waals surface area (Å²) in [5.41, 5.74) is 5.40. The average molecular weight is 254 g/mol. The van der Waals surface area contributed by atoms with Crippen LogP contribution in [-0.4, -0.2) is 0 Å². The number of hydrogen-bond donors (Lipinski definition) is 0. The van der Waals surface area contributed by atoms with Crippen molar-refractivity contribution >= 4 is 0 Å². The van der Waals surface area contributed by atoms with Crippen LogP contribution in [-0.2, 0) is 13.5 Å². The summed E-state index contributed by atoms with van der Waals surface area (Å²) in [5, 5.41) is 0. The Kier molecular flexibility index (Phi) is 4.36. The normalized spacial score (nSPS) is 12.4. The van der Waals surface area contributed by atoms with Gasteiger partial charge in [0.15, 0.2) is 6.20 Å². The van der Waals surface area contributed by atoms with Gasteiger partial charge in [-0.2, -0.15) is 0 Å². The summed E-state index contributed by atoms with van der Waals surface area (Å²) < 4.78 is 2.21. The molecule has 0 saturated heterocycles. The first kappa shape index (κ1) is 13.8. The first-order valence-electron chi connectivity index (χ1n) is 7.16. The highest BCUT2D eigenvalue weighted by Gasteiger charge is 2.13. The first-order valence-corrected chi connectivity index (χ1v) is 7.16. The molecule has 1 heterocycles. The smallest absolute Gasteiger partial charge is 0.201 e. The SMILES string of the molecule is CCC(C)Cc1cc[n+](C)c(-c2ccccc2C)c1. The second-order valence-electron chi connectivity index (χ2n) is 5.56. The molecule has 0 fully saturated rings. The molecule has 1 unspecified atom stereocenters. The van der Waals surface area contributed by atoms with Crippen LogP contribution in [0, 0.1) is 12.8 Å². The molecule has 0 amide bonds. The molecule has 1 atom stereocenters. The fraction of sp³-hybridized carbons (Fsp3) is 0.389. The molecule has 0 radical (unpaired) electrons. The van der Waals surface area contributed by atoms with E-state index in [2.05, 4.69) is 75.0 Å². The second-order valence-corrected chi connectivity index (χ2v) is 5.56. The van der Waals surface area contributed by atoms with Crippen LogP contribution >= 0.6 is 0 Å². The van der Waals surface area contributed by atoms with Gasteiger partial charge in [0.1, 0.15) is 7.05 Å². The van der Waals surface area contributed by atoms with E-state index in [1.807, 2.05) is 0 Å². The zero-order valence-corrected chi connectivity index (χ0v) is 12.5. The van der Waals surface area contributed by atoms with E-state index in [1.54, 1.807) is 0 Å². The number of pyridine rings is 1. The van der Waals surface area contributed by atoms with Gasteiger partial charge in [-0.3, -0.25) is 0 Å². The highest BCUT2D eigenvalue weighted by Crippen LogP contribution is 2.21. The number of nitrogens with zero attached hydrogens (tertiary/aromatic N) is 1. The van der Waals surface area contributed by atoms with E-state index >= 15 is 0 Å². The molecule has 0 saturated carbocycles. The molecule has 0 spiro atoms. The summed E-state index contributed by atoms with van der Waals surface area (Å²) >= 11 is 0. The van der Waals surface area contributed by atoms with Crippen LogP contribution in [0.5, 0.6) is 0 Å². The van der Waals surface area contributed by atoms with Crippen molar-refractivity contribution in [1.29, 1.82) is 0 Å². The highest BCUT2D eigenvalue weighted by molar-refractivity contribution is 5.61. The third kappa shape index (κ3) is 3.23. The Morgan fingerprint density at radius 2 is 1.89 bits per heavy atom. The Balaban J connectivity index is 2.40. The second kappa shape index (κ2) is 6.01. The van der Waals surface area contributed by atoms with Crippen LogP contribution in [0.4, 0.5) is 0 Å². The van der Waals surface area contributed by atoms with E-state index < -0.39 is 0 Å². The molecule has 19 heavy (non-hydrogen) atoms.